The van der Waals surface area contributed by atoms with Crippen LogP contribution in [0.1, 0.15) is 30.9 Å². The molecule has 1 aliphatic carbocycles. The molecule has 0 amide bonds. The summed E-state index contributed by atoms with van der Waals surface area (Å²) in [5, 5.41) is 3.12. The molecule has 0 bridgehead atoms. The topological polar surface area (TPSA) is 50.4 Å². The Morgan fingerprint density at radius 2 is 1.75 bits per heavy atom. The highest BCUT2D eigenvalue weighted by Crippen LogP contribution is 2.48. The maximum Gasteiger partial charge on any atom is 0.193 e. The maximum absolute atomic E-state index is 13.0. The van der Waals surface area contributed by atoms with Crippen LogP contribution in [0.25, 0.3) is 0 Å². The molecule has 24 heavy (non-hydrogen) atoms. The molecule has 0 unspecified atom stereocenters. The fourth-order valence-corrected chi connectivity index (χ4v) is 2.74. The van der Waals surface area contributed by atoms with E-state index in [0.717, 1.165) is 30.5 Å². The van der Waals surface area contributed by atoms with E-state index in [4.69, 9.17) is 5.73 Å². The molecule has 5 heteroatoms. The molecule has 3 rings (SSSR count). The molecule has 1 aliphatic rings. The van der Waals surface area contributed by atoms with Crippen molar-refractivity contribution in [2.45, 2.75) is 31.6 Å². The fraction of sp³-hybridized carbons (Fsp3) is 0.316. The maximum atomic E-state index is 13.0. The number of aryl methyl sites for hydroxylation is 1. The molecule has 128 valence electrons. The monoisotopic (exact) mass is 439 g/mol. The second kappa shape index (κ2) is 7.96. The minimum absolute atomic E-state index is 0. The number of benzene rings is 2. The summed E-state index contributed by atoms with van der Waals surface area (Å²) in [5.74, 6) is 0.215. The Bertz CT molecular complexity index is 692. The first-order valence-corrected chi connectivity index (χ1v) is 8.03. The Hall–Kier alpha value is -1.63. The van der Waals surface area contributed by atoms with E-state index >= 15 is 0 Å². The van der Waals surface area contributed by atoms with Crippen molar-refractivity contribution in [3.05, 3.63) is 65.5 Å². The van der Waals surface area contributed by atoms with E-state index in [1.165, 1.54) is 17.7 Å². The number of anilines is 1. The molecule has 0 radical (unpaired) electrons. The molecule has 0 atom stereocenters. The van der Waals surface area contributed by atoms with E-state index in [1.54, 1.807) is 0 Å². The molecule has 0 spiro atoms. The lowest BCUT2D eigenvalue weighted by molar-refractivity contribution is 0.623. The first-order chi connectivity index (χ1) is 11.1. The highest BCUT2D eigenvalue weighted by atomic mass is 127. The van der Waals surface area contributed by atoms with Crippen molar-refractivity contribution < 1.29 is 4.39 Å². The van der Waals surface area contributed by atoms with Crippen LogP contribution in [-0.2, 0) is 11.8 Å². The number of guanidine groups is 1. The summed E-state index contributed by atoms with van der Waals surface area (Å²) in [6.07, 6.45) is 3.16. The van der Waals surface area contributed by atoms with Gasteiger partial charge < -0.3 is 11.1 Å². The minimum atomic E-state index is -0.204. The molecule has 0 heterocycles. The van der Waals surface area contributed by atoms with Crippen LogP contribution >= 0.6 is 24.0 Å². The zero-order chi connectivity index (χ0) is 16.3. The number of halogens is 2. The van der Waals surface area contributed by atoms with Gasteiger partial charge in [0.15, 0.2) is 5.96 Å². The van der Waals surface area contributed by atoms with Crippen molar-refractivity contribution in [3.8, 4) is 0 Å². The van der Waals surface area contributed by atoms with Crippen LogP contribution in [0.4, 0.5) is 10.1 Å². The summed E-state index contributed by atoms with van der Waals surface area (Å²) in [6.45, 7) is 2.76. The second-order valence-corrected chi connectivity index (χ2v) is 6.16. The first-order valence-electron chi connectivity index (χ1n) is 8.03. The molecule has 3 N–H and O–H groups in total. The lowest BCUT2D eigenvalue weighted by Gasteiger charge is -2.14. The predicted octanol–water partition coefficient (Wildman–Crippen LogP) is 4.46. The largest absolute Gasteiger partial charge is 0.370 e. The SMILES string of the molecule is CCc1ccc(NC(N)=NCC2(c3ccc(F)cc3)CC2)cc1.I. The third-order valence-electron chi connectivity index (χ3n) is 4.50. The summed E-state index contributed by atoms with van der Waals surface area (Å²) >= 11 is 0. The third-order valence-corrected chi connectivity index (χ3v) is 4.50. The zero-order valence-electron chi connectivity index (χ0n) is 13.8. The fourth-order valence-electron chi connectivity index (χ4n) is 2.74. The molecule has 0 aliphatic heterocycles. The van der Waals surface area contributed by atoms with Gasteiger partial charge in [-0.25, -0.2) is 4.39 Å². The molecular formula is C19H23FIN3. The average Bonchev–Trinajstić information content (AvgIpc) is 3.35. The lowest BCUT2D eigenvalue weighted by atomic mass is 9.96. The first kappa shape index (κ1) is 18.7. The van der Waals surface area contributed by atoms with Crippen LogP contribution in [0.5, 0.6) is 0 Å². The van der Waals surface area contributed by atoms with E-state index in [9.17, 15) is 4.39 Å². The molecule has 2 aromatic carbocycles. The Kier molecular flexibility index (Phi) is 6.21. The van der Waals surface area contributed by atoms with E-state index in [2.05, 4.69) is 29.4 Å². The standard InChI is InChI=1S/C19H22FN3.HI/c1-2-14-3-9-17(10-4-14)23-18(21)22-13-19(11-12-19)15-5-7-16(20)8-6-15;/h3-10H,2,11-13H2,1H3,(H3,21,22,23);1H. The summed E-state index contributed by atoms with van der Waals surface area (Å²) in [7, 11) is 0. The number of aliphatic imine (C=N–C) groups is 1. The van der Waals surface area contributed by atoms with Crippen LogP contribution in [0.3, 0.4) is 0 Å². The van der Waals surface area contributed by atoms with Crippen molar-refractivity contribution in [2.24, 2.45) is 10.7 Å². The van der Waals surface area contributed by atoms with Gasteiger partial charge in [-0.05, 0) is 54.7 Å². The summed E-state index contributed by atoms with van der Waals surface area (Å²) in [5.41, 5.74) is 9.40. The number of nitrogens with one attached hydrogen (secondary N) is 1. The zero-order valence-corrected chi connectivity index (χ0v) is 16.1. The normalized spacial score (nSPS) is 15.5. The predicted molar refractivity (Wildman–Crippen MR) is 109 cm³/mol. The van der Waals surface area contributed by atoms with Crippen LogP contribution in [0, 0.1) is 5.82 Å². The van der Waals surface area contributed by atoms with Gasteiger partial charge >= 0.3 is 0 Å². The molecule has 0 aromatic heterocycles. The van der Waals surface area contributed by atoms with Gasteiger partial charge in [0.2, 0.25) is 0 Å². The third kappa shape index (κ3) is 4.47. The highest BCUT2D eigenvalue weighted by molar-refractivity contribution is 14.0. The van der Waals surface area contributed by atoms with Gasteiger partial charge in [-0.1, -0.05) is 31.2 Å². The molecular weight excluding hydrogens is 416 g/mol. The minimum Gasteiger partial charge on any atom is -0.370 e. The van der Waals surface area contributed by atoms with Gasteiger partial charge in [0.25, 0.3) is 0 Å². The van der Waals surface area contributed by atoms with Crippen LogP contribution in [0.15, 0.2) is 53.5 Å². The van der Waals surface area contributed by atoms with Crippen molar-refractivity contribution in [1.29, 1.82) is 0 Å². The lowest BCUT2D eigenvalue weighted by Crippen LogP contribution is -2.25. The average molecular weight is 439 g/mol. The van der Waals surface area contributed by atoms with Gasteiger partial charge in [0.1, 0.15) is 5.82 Å². The Morgan fingerprint density at radius 1 is 1.12 bits per heavy atom. The van der Waals surface area contributed by atoms with Crippen molar-refractivity contribution in [2.75, 3.05) is 11.9 Å². The number of nitrogens with two attached hydrogens (primary N) is 1. The van der Waals surface area contributed by atoms with Gasteiger partial charge in [-0.15, -0.1) is 24.0 Å². The van der Waals surface area contributed by atoms with E-state index < -0.39 is 0 Å². The number of hydrogen-bond acceptors (Lipinski definition) is 1. The Labute approximate surface area is 159 Å². The molecule has 1 fully saturated rings. The molecule has 3 nitrogen and oxygen atoms in total. The summed E-state index contributed by atoms with van der Waals surface area (Å²) < 4.78 is 13.0. The van der Waals surface area contributed by atoms with E-state index in [-0.39, 0.29) is 35.2 Å². The quantitative estimate of drug-likeness (QED) is 0.411. The molecule has 1 saturated carbocycles. The van der Waals surface area contributed by atoms with Crippen molar-refractivity contribution in [3.63, 3.8) is 0 Å². The Morgan fingerprint density at radius 3 is 2.29 bits per heavy atom. The number of hydrogen-bond donors (Lipinski definition) is 2. The van der Waals surface area contributed by atoms with Gasteiger partial charge in [0, 0.05) is 11.1 Å². The number of nitrogens with zero attached hydrogens (tertiary/aromatic N) is 1. The van der Waals surface area contributed by atoms with Crippen LogP contribution < -0.4 is 11.1 Å². The van der Waals surface area contributed by atoms with E-state index in [1.807, 2.05) is 24.3 Å². The van der Waals surface area contributed by atoms with Crippen LogP contribution in [-0.4, -0.2) is 12.5 Å². The van der Waals surface area contributed by atoms with Crippen LogP contribution in [0.2, 0.25) is 0 Å². The smallest absolute Gasteiger partial charge is 0.193 e. The van der Waals surface area contributed by atoms with Crippen molar-refractivity contribution >= 4 is 35.6 Å². The molecule has 0 saturated heterocycles. The van der Waals surface area contributed by atoms with Crippen molar-refractivity contribution in [1.82, 2.24) is 0 Å². The summed E-state index contributed by atoms with van der Waals surface area (Å²) in [6, 6.07) is 14.9. The molecule has 2 aromatic rings. The highest BCUT2D eigenvalue weighted by Gasteiger charge is 2.44. The van der Waals surface area contributed by atoms with Gasteiger partial charge in [0.05, 0.1) is 6.54 Å². The Balaban J connectivity index is 0.00000208. The van der Waals surface area contributed by atoms with Gasteiger partial charge in [-0.2, -0.15) is 0 Å². The summed E-state index contributed by atoms with van der Waals surface area (Å²) in [4.78, 5) is 4.48. The second-order valence-electron chi connectivity index (χ2n) is 6.16. The van der Waals surface area contributed by atoms with E-state index in [0.29, 0.717) is 12.5 Å². The van der Waals surface area contributed by atoms with Gasteiger partial charge in [-0.3, -0.25) is 4.99 Å². The number of rotatable bonds is 5.